The summed E-state index contributed by atoms with van der Waals surface area (Å²) in [5.41, 5.74) is 17.2. The van der Waals surface area contributed by atoms with Crippen molar-refractivity contribution in [3.63, 3.8) is 0 Å². The summed E-state index contributed by atoms with van der Waals surface area (Å²) in [4.78, 5) is 19.1. The van der Waals surface area contributed by atoms with Gasteiger partial charge in [-0.3, -0.25) is 4.79 Å². The fraction of sp³-hybridized carbons (Fsp3) is 0.462. The Hall–Kier alpha value is -2.20. The summed E-state index contributed by atoms with van der Waals surface area (Å²) < 4.78 is 10.9. The van der Waals surface area contributed by atoms with E-state index in [1.165, 1.54) is 12.4 Å². The maximum absolute atomic E-state index is 11.2. The molecule has 0 atom stereocenters. The normalized spacial score (nSPS) is 12.5. The van der Waals surface area contributed by atoms with Crippen LogP contribution in [0.5, 0.6) is 0 Å². The Morgan fingerprint density at radius 3 is 2.32 bits per heavy atom. The number of amidine groups is 2. The third kappa shape index (κ3) is 7.94. The molecule has 0 bridgehead atoms. The highest BCUT2D eigenvalue weighted by molar-refractivity contribution is 7.48. The number of nitrogens with zero attached hydrogens (tertiary/aromatic N) is 4. The second kappa shape index (κ2) is 11.4. The molecule has 0 saturated heterocycles. The Morgan fingerprint density at radius 1 is 1.20 bits per heavy atom. The van der Waals surface area contributed by atoms with E-state index in [4.69, 9.17) is 26.2 Å². The van der Waals surface area contributed by atoms with Crippen LogP contribution in [0.2, 0.25) is 0 Å². The number of nitrogens with one attached hydrogen (secondary N) is 1. The summed E-state index contributed by atoms with van der Waals surface area (Å²) in [6, 6.07) is 0. The Bertz CT molecular complexity index is 602. The van der Waals surface area contributed by atoms with Crippen molar-refractivity contribution in [1.29, 1.82) is 0 Å². The van der Waals surface area contributed by atoms with Crippen LogP contribution < -0.4 is 22.5 Å². The molecule has 0 radical (unpaired) electrons. The van der Waals surface area contributed by atoms with E-state index in [0.29, 0.717) is 25.1 Å². The van der Waals surface area contributed by atoms with E-state index in [0.717, 1.165) is 0 Å². The number of nitrogens with two attached hydrogens (primary N) is 3. The Kier molecular flexibility index (Phi) is 9.48. The first-order chi connectivity index (χ1) is 12.0. The summed E-state index contributed by atoms with van der Waals surface area (Å²) >= 11 is 0. The first-order valence-electron chi connectivity index (χ1n) is 7.51. The zero-order valence-corrected chi connectivity index (χ0v) is 15.1. The predicted molar refractivity (Wildman–Crippen MR) is 97.1 cm³/mol. The molecule has 1 amide bonds. The van der Waals surface area contributed by atoms with E-state index in [1.807, 2.05) is 13.8 Å². The van der Waals surface area contributed by atoms with E-state index in [2.05, 4.69) is 25.5 Å². The summed E-state index contributed by atoms with van der Waals surface area (Å²) in [6.07, 6.45) is 3.09. The van der Waals surface area contributed by atoms with Crippen molar-refractivity contribution in [1.82, 2.24) is 9.97 Å². The molecule has 0 aromatic carbocycles. The van der Waals surface area contributed by atoms with E-state index in [1.54, 1.807) is 0 Å². The zero-order valence-electron chi connectivity index (χ0n) is 14.2. The van der Waals surface area contributed by atoms with Gasteiger partial charge in [0.15, 0.2) is 20.0 Å². The highest BCUT2D eigenvalue weighted by Gasteiger charge is 2.11. The van der Waals surface area contributed by atoms with Crippen LogP contribution in [0.3, 0.4) is 0 Å². The third-order valence-electron chi connectivity index (χ3n) is 2.47. The molecule has 1 heterocycles. The first kappa shape index (κ1) is 20.8. The molecule has 1 rings (SSSR count). The van der Waals surface area contributed by atoms with Crippen molar-refractivity contribution in [2.24, 2.45) is 27.4 Å². The number of hydrogen-bond donors (Lipinski definition) is 4. The van der Waals surface area contributed by atoms with Crippen LogP contribution in [0.25, 0.3) is 0 Å². The molecule has 138 valence electrons. The standard InChI is InChI=1S/C13H23N8O3P/c1-3-23-25(24-4-2)8-10(15)20-21-12(16)13-17-6-9(7-18-13)19-11(22)5-14/h6-7H,3-5,8,14H2,1-2H3,(H2,15,20)(H2,16,21)(H,19,22). The van der Waals surface area contributed by atoms with E-state index in [9.17, 15) is 4.79 Å². The maximum Gasteiger partial charge on any atom is 0.238 e. The molecular formula is C13H23N8O3P. The lowest BCUT2D eigenvalue weighted by molar-refractivity contribution is -0.114. The molecule has 0 aliphatic rings. The minimum absolute atomic E-state index is 0.0169. The molecule has 0 aliphatic heterocycles. The van der Waals surface area contributed by atoms with Gasteiger partial charge < -0.3 is 31.6 Å². The van der Waals surface area contributed by atoms with E-state index >= 15 is 0 Å². The van der Waals surface area contributed by atoms with Crippen molar-refractivity contribution < 1.29 is 13.8 Å². The Balaban J connectivity index is 2.70. The van der Waals surface area contributed by atoms with Gasteiger partial charge in [-0.2, -0.15) is 0 Å². The van der Waals surface area contributed by atoms with Crippen molar-refractivity contribution in [2.45, 2.75) is 13.8 Å². The minimum Gasteiger partial charge on any atom is -0.385 e. The van der Waals surface area contributed by atoms with Gasteiger partial charge in [0, 0.05) is 0 Å². The topological polar surface area (TPSA) is 176 Å². The monoisotopic (exact) mass is 370 g/mol. The van der Waals surface area contributed by atoms with E-state index < -0.39 is 8.38 Å². The fourth-order valence-electron chi connectivity index (χ4n) is 1.48. The van der Waals surface area contributed by atoms with Gasteiger partial charge in [-0.1, -0.05) is 0 Å². The summed E-state index contributed by atoms with van der Waals surface area (Å²) in [6.45, 7) is 4.64. The van der Waals surface area contributed by atoms with Crippen molar-refractivity contribution in [3.05, 3.63) is 18.2 Å². The fourth-order valence-corrected chi connectivity index (χ4v) is 2.64. The lowest BCUT2D eigenvalue weighted by atomic mass is 10.4. The molecule has 1 aromatic heterocycles. The van der Waals surface area contributed by atoms with Gasteiger partial charge in [-0.15, -0.1) is 10.2 Å². The van der Waals surface area contributed by atoms with Crippen LogP contribution in [0.15, 0.2) is 22.6 Å². The number of aromatic nitrogens is 2. The average molecular weight is 370 g/mol. The van der Waals surface area contributed by atoms with Gasteiger partial charge in [-0.05, 0) is 13.8 Å². The molecule has 1 aromatic rings. The number of carbonyl (C=O) groups excluding carboxylic acids is 1. The van der Waals surface area contributed by atoms with Gasteiger partial charge in [0.25, 0.3) is 0 Å². The van der Waals surface area contributed by atoms with E-state index in [-0.39, 0.29) is 29.9 Å². The predicted octanol–water partition coefficient (Wildman–Crippen LogP) is -0.264. The maximum atomic E-state index is 11.2. The van der Waals surface area contributed by atoms with Crippen LogP contribution >= 0.6 is 8.38 Å². The van der Waals surface area contributed by atoms with Crippen molar-refractivity contribution >= 4 is 31.6 Å². The summed E-state index contributed by atoms with van der Waals surface area (Å²) in [7, 11) is -1.15. The SMILES string of the molecule is CCOP(C/C(N)=N/N=C(\N)c1ncc(NC(=O)CN)cn1)OCC. The second-order valence-corrected chi connectivity index (χ2v) is 5.95. The lowest BCUT2D eigenvalue weighted by Crippen LogP contribution is -2.23. The lowest BCUT2D eigenvalue weighted by Gasteiger charge is -2.14. The van der Waals surface area contributed by atoms with Crippen LogP contribution in [0.4, 0.5) is 5.69 Å². The smallest absolute Gasteiger partial charge is 0.238 e. The number of hydrogen-bond acceptors (Lipinski definition) is 8. The van der Waals surface area contributed by atoms with Crippen LogP contribution in [0.1, 0.15) is 19.7 Å². The first-order valence-corrected chi connectivity index (χ1v) is 8.87. The van der Waals surface area contributed by atoms with Crippen LogP contribution in [0, 0.1) is 0 Å². The Labute approximate surface area is 147 Å². The zero-order chi connectivity index (χ0) is 18.7. The quantitative estimate of drug-likeness (QED) is 0.188. The molecule has 25 heavy (non-hydrogen) atoms. The molecule has 11 nitrogen and oxygen atoms in total. The average Bonchev–Trinajstić information content (AvgIpc) is 2.60. The Morgan fingerprint density at radius 2 is 1.80 bits per heavy atom. The van der Waals surface area contributed by atoms with Crippen LogP contribution in [-0.2, 0) is 13.8 Å². The van der Waals surface area contributed by atoms with Crippen LogP contribution in [-0.4, -0.2) is 53.5 Å². The number of anilines is 1. The van der Waals surface area contributed by atoms with Gasteiger partial charge in [0.1, 0.15) is 5.84 Å². The molecule has 0 unspecified atom stereocenters. The van der Waals surface area contributed by atoms with Gasteiger partial charge in [0.05, 0.1) is 44.0 Å². The van der Waals surface area contributed by atoms with Gasteiger partial charge in [-0.25, -0.2) is 9.97 Å². The molecular weight excluding hydrogens is 347 g/mol. The molecule has 12 heteroatoms. The third-order valence-corrected chi connectivity index (χ3v) is 4.15. The van der Waals surface area contributed by atoms with Gasteiger partial charge in [0.2, 0.25) is 5.91 Å². The van der Waals surface area contributed by atoms with Crippen molar-refractivity contribution in [2.75, 3.05) is 31.2 Å². The number of carbonyl (C=O) groups is 1. The summed E-state index contributed by atoms with van der Waals surface area (Å²) in [5, 5.41) is 10.1. The summed E-state index contributed by atoms with van der Waals surface area (Å²) in [5.74, 6) is 0.00854. The highest BCUT2D eigenvalue weighted by Crippen LogP contribution is 2.37. The second-order valence-electron chi connectivity index (χ2n) is 4.45. The molecule has 0 aliphatic carbocycles. The highest BCUT2D eigenvalue weighted by atomic mass is 31.2. The molecule has 0 fully saturated rings. The molecule has 7 N–H and O–H groups in total. The molecule has 0 spiro atoms. The van der Waals surface area contributed by atoms with Gasteiger partial charge >= 0.3 is 0 Å². The number of rotatable bonds is 10. The van der Waals surface area contributed by atoms with Crippen molar-refractivity contribution in [3.8, 4) is 0 Å². The largest absolute Gasteiger partial charge is 0.385 e. The molecule has 0 saturated carbocycles. The minimum atomic E-state index is -1.15. The number of amides is 1.